The lowest BCUT2D eigenvalue weighted by Gasteiger charge is -2.35. The minimum absolute atomic E-state index is 0.105. The van der Waals surface area contributed by atoms with Crippen LogP contribution >= 0.6 is 0 Å². The van der Waals surface area contributed by atoms with Crippen LogP contribution in [0.25, 0.3) is 87.7 Å². The highest BCUT2D eigenvalue weighted by molar-refractivity contribution is 7.01. The lowest BCUT2D eigenvalue weighted by atomic mass is 9.33. The summed E-state index contributed by atoms with van der Waals surface area (Å²) in [5.41, 5.74) is 8.91. The van der Waals surface area contributed by atoms with E-state index >= 15 is 17.6 Å². The van der Waals surface area contributed by atoms with Crippen molar-refractivity contribution in [1.29, 1.82) is 0 Å². The molecule has 0 fully saturated rings. The van der Waals surface area contributed by atoms with Gasteiger partial charge in [0.05, 0.1) is 16.6 Å². The number of nitrogens with zero attached hydrogens (tertiary/aromatic N) is 2. The number of benzene rings is 8. The van der Waals surface area contributed by atoms with Gasteiger partial charge in [-0.15, -0.1) is 0 Å². The van der Waals surface area contributed by atoms with E-state index in [9.17, 15) is 4.39 Å². The van der Waals surface area contributed by atoms with Gasteiger partial charge in [0.1, 0.15) is 0 Å². The monoisotopic (exact) mass is 794 g/mol. The van der Waals surface area contributed by atoms with Gasteiger partial charge in [0.25, 0.3) is 6.71 Å². The molecule has 0 atom stereocenters. The average molecular weight is 795 g/mol. The first-order valence-corrected chi connectivity index (χ1v) is 20.3. The SMILES string of the molecule is CC(C)(C)c1ccc2c(c1)c1cc(C(C)(C)C)cc3c1n2-c1cc(-c2c(F)c(F)c(F)c(F)c2F)cc2c1B3c1c3ccccc3cc3c4cc5ccccc5cc4n-2c13. The maximum Gasteiger partial charge on any atom is 0.253 e. The summed E-state index contributed by atoms with van der Waals surface area (Å²) >= 11 is 0. The van der Waals surface area contributed by atoms with Gasteiger partial charge in [-0.2, -0.15) is 0 Å². The van der Waals surface area contributed by atoms with E-state index in [1.165, 1.54) is 5.56 Å². The highest BCUT2D eigenvalue weighted by atomic mass is 19.2. The smallest absolute Gasteiger partial charge is 0.253 e. The van der Waals surface area contributed by atoms with Gasteiger partial charge in [0.15, 0.2) is 23.3 Å². The van der Waals surface area contributed by atoms with Gasteiger partial charge in [-0.1, -0.05) is 102 Å². The summed E-state index contributed by atoms with van der Waals surface area (Å²) < 4.78 is 81.5. The zero-order valence-electron chi connectivity index (χ0n) is 33.8. The Labute approximate surface area is 342 Å². The first-order valence-electron chi connectivity index (χ1n) is 20.3. The van der Waals surface area contributed by atoms with Crippen LogP contribution in [-0.4, -0.2) is 15.8 Å². The molecule has 4 heterocycles. The molecular weight excluding hydrogens is 758 g/mol. The molecule has 0 saturated heterocycles. The Morgan fingerprint density at radius 1 is 0.433 bits per heavy atom. The molecule has 8 heteroatoms. The van der Waals surface area contributed by atoms with Crippen LogP contribution in [-0.2, 0) is 10.8 Å². The fourth-order valence-electron chi connectivity index (χ4n) is 10.4. The van der Waals surface area contributed by atoms with Crippen LogP contribution in [0.2, 0.25) is 0 Å². The number of halogens is 5. The Morgan fingerprint density at radius 3 is 1.63 bits per heavy atom. The van der Waals surface area contributed by atoms with E-state index < -0.39 is 34.6 Å². The highest BCUT2D eigenvalue weighted by Gasteiger charge is 2.43. The molecule has 12 rings (SSSR count). The molecule has 2 aliphatic heterocycles. The molecule has 0 aliphatic carbocycles. The van der Waals surface area contributed by atoms with Gasteiger partial charge in [-0.25, -0.2) is 22.0 Å². The fourth-order valence-corrected chi connectivity index (χ4v) is 10.4. The summed E-state index contributed by atoms with van der Waals surface area (Å²) in [6.45, 7) is 12.9. The van der Waals surface area contributed by atoms with Crippen molar-refractivity contribution < 1.29 is 22.0 Å². The van der Waals surface area contributed by atoms with E-state index in [2.05, 4.69) is 136 Å². The van der Waals surface area contributed by atoms with Crippen molar-refractivity contribution in [3.63, 3.8) is 0 Å². The van der Waals surface area contributed by atoms with Crippen LogP contribution in [0.4, 0.5) is 22.0 Å². The molecule has 2 aliphatic rings. The zero-order valence-corrected chi connectivity index (χ0v) is 33.8. The molecule has 0 spiro atoms. The molecule has 0 radical (unpaired) electrons. The summed E-state index contributed by atoms with van der Waals surface area (Å²) in [7, 11) is 0. The summed E-state index contributed by atoms with van der Waals surface area (Å²) in [6.07, 6.45) is 0. The Kier molecular flexibility index (Phi) is 6.78. The van der Waals surface area contributed by atoms with Crippen LogP contribution in [0.5, 0.6) is 0 Å². The van der Waals surface area contributed by atoms with E-state index in [0.717, 1.165) is 87.1 Å². The second-order valence-corrected chi connectivity index (χ2v) is 18.8. The quantitative estimate of drug-likeness (QED) is 0.0678. The summed E-state index contributed by atoms with van der Waals surface area (Å²) in [4.78, 5) is 0. The maximum absolute atomic E-state index is 16.1. The van der Waals surface area contributed by atoms with Crippen LogP contribution in [0.15, 0.2) is 109 Å². The first kappa shape index (κ1) is 35.5. The molecule has 2 nitrogen and oxygen atoms in total. The third-order valence-corrected chi connectivity index (χ3v) is 13.3. The summed E-state index contributed by atoms with van der Waals surface area (Å²) in [5.74, 6) is -9.87. The van der Waals surface area contributed by atoms with Crippen LogP contribution in [0.1, 0.15) is 52.7 Å². The van der Waals surface area contributed by atoms with Crippen molar-refractivity contribution in [1.82, 2.24) is 9.13 Å². The molecule has 0 saturated carbocycles. The predicted molar refractivity (Wildman–Crippen MR) is 237 cm³/mol. The number of aromatic nitrogens is 2. The topological polar surface area (TPSA) is 9.86 Å². The number of hydrogen-bond donors (Lipinski definition) is 0. The molecule has 0 N–H and O–H groups in total. The molecule has 60 heavy (non-hydrogen) atoms. The van der Waals surface area contributed by atoms with Crippen LogP contribution in [0.3, 0.4) is 0 Å². The number of rotatable bonds is 1. The Hall–Kier alpha value is -6.41. The van der Waals surface area contributed by atoms with Crippen LogP contribution < -0.4 is 16.4 Å². The first-order chi connectivity index (χ1) is 28.6. The second-order valence-electron chi connectivity index (χ2n) is 18.8. The minimum atomic E-state index is -2.18. The van der Waals surface area contributed by atoms with Gasteiger partial charge < -0.3 is 9.13 Å². The molecule has 10 aromatic rings. The molecule has 8 aromatic carbocycles. The third kappa shape index (κ3) is 4.43. The van der Waals surface area contributed by atoms with E-state index in [4.69, 9.17) is 0 Å². The summed E-state index contributed by atoms with van der Waals surface area (Å²) in [5, 5.41) is 8.32. The molecule has 0 bridgehead atoms. The van der Waals surface area contributed by atoms with Gasteiger partial charge in [0.2, 0.25) is 5.82 Å². The predicted octanol–water partition coefficient (Wildman–Crippen LogP) is 12.3. The third-order valence-electron chi connectivity index (χ3n) is 13.3. The zero-order chi connectivity index (χ0) is 41.5. The Bertz CT molecular complexity index is 3610. The van der Waals surface area contributed by atoms with Crippen molar-refractivity contribution in [3.8, 4) is 22.5 Å². The number of fused-ring (bicyclic) bond motifs is 13. The van der Waals surface area contributed by atoms with Crippen molar-refractivity contribution in [2.24, 2.45) is 0 Å². The average Bonchev–Trinajstić information content (AvgIpc) is 3.73. The molecule has 0 amide bonds. The molecular formula is C52H36BF5N2. The van der Waals surface area contributed by atoms with Gasteiger partial charge in [0, 0.05) is 44.0 Å². The van der Waals surface area contributed by atoms with E-state index in [-0.39, 0.29) is 23.1 Å². The van der Waals surface area contributed by atoms with E-state index in [1.807, 2.05) is 12.1 Å². The standard InChI is InChI=1S/C52H36BF5N2/c1-51(2,3)29-15-16-37-33(22-29)35-23-30(52(4,5)6)24-36-49(35)59(37)39-20-28(41-44(54)46(56)48(58)47(57)45(41)55)21-40-43(39)53(36)42-31-14-10-9-13-27(31)18-34-32-17-25-11-7-8-12-26(25)19-38(32)60(40)50(34)42/h7-24H,1-6H3. The lowest BCUT2D eigenvalue weighted by Crippen LogP contribution is -2.59. The maximum atomic E-state index is 16.1. The van der Waals surface area contributed by atoms with Crippen LogP contribution in [0, 0.1) is 29.1 Å². The number of hydrogen-bond acceptors (Lipinski definition) is 0. The molecule has 0 unspecified atom stereocenters. The molecule has 292 valence electrons. The minimum Gasteiger partial charge on any atom is -0.310 e. The van der Waals surface area contributed by atoms with E-state index in [0.29, 0.717) is 11.4 Å². The summed E-state index contributed by atoms with van der Waals surface area (Å²) in [6, 6.07) is 37.5. The van der Waals surface area contributed by atoms with Crippen molar-refractivity contribution in [2.75, 3.05) is 0 Å². The lowest BCUT2D eigenvalue weighted by molar-refractivity contribution is 0.381. The van der Waals surface area contributed by atoms with Crippen molar-refractivity contribution in [3.05, 3.63) is 149 Å². The van der Waals surface area contributed by atoms with Gasteiger partial charge in [-0.3, -0.25) is 0 Å². The largest absolute Gasteiger partial charge is 0.310 e. The van der Waals surface area contributed by atoms with Crippen molar-refractivity contribution in [2.45, 2.75) is 52.4 Å². The van der Waals surface area contributed by atoms with E-state index in [1.54, 1.807) is 12.1 Å². The van der Waals surface area contributed by atoms with Gasteiger partial charge >= 0.3 is 0 Å². The highest BCUT2D eigenvalue weighted by Crippen LogP contribution is 2.45. The Morgan fingerprint density at radius 2 is 0.967 bits per heavy atom. The Balaban J connectivity index is 1.36. The molecule has 2 aromatic heterocycles. The fraction of sp³-hybridized carbons (Fsp3) is 0.154. The van der Waals surface area contributed by atoms with Gasteiger partial charge in [-0.05, 0) is 114 Å². The normalized spacial score (nSPS) is 13.6. The second kappa shape index (κ2) is 11.4. The van der Waals surface area contributed by atoms with Crippen molar-refractivity contribution >= 4 is 88.3 Å².